The number of aliphatic imine (C=N–C) groups is 1. The number of guanidine groups is 1. The van der Waals surface area contributed by atoms with E-state index in [4.69, 9.17) is 4.74 Å². The fourth-order valence-electron chi connectivity index (χ4n) is 2.99. The largest absolute Gasteiger partial charge is 0.466 e. The number of aryl methyl sites for hydroxylation is 1. The van der Waals surface area contributed by atoms with Crippen molar-refractivity contribution in [1.29, 1.82) is 0 Å². The second-order valence-corrected chi connectivity index (χ2v) is 7.17. The van der Waals surface area contributed by atoms with Crippen molar-refractivity contribution in [3.63, 3.8) is 0 Å². The number of halogens is 1. The quantitative estimate of drug-likeness (QED) is 0.263. The smallest absolute Gasteiger partial charge is 0.308 e. The average molecular weight is 494 g/mol. The third-order valence-electron chi connectivity index (χ3n) is 4.33. The van der Waals surface area contributed by atoms with E-state index in [1.54, 1.807) is 11.3 Å². The van der Waals surface area contributed by atoms with E-state index >= 15 is 0 Å². The van der Waals surface area contributed by atoms with Gasteiger partial charge >= 0.3 is 5.97 Å². The Morgan fingerprint density at radius 2 is 2.04 bits per heavy atom. The molecule has 1 aromatic rings. The SMILES string of the molecule is CCNC(=NCc1csc(CC)n1)NC1CCC(C(=O)OCC)CC1.I. The van der Waals surface area contributed by atoms with Gasteiger partial charge in [-0.1, -0.05) is 6.92 Å². The molecule has 1 fully saturated rings. The number of carbonyl (C=O) groups excluding carboxylic acids is 1. The minimum Gasteiger partial charge on any atom is -0.466 e. The fraction of sp³-hybridized carbons (Fsp3) is 0.722. The van der Waals surface area contributed by atoms with Gasteiger partial charge < -0.3 is 15.4 Å². The summed E-state index contributed by atoms with van der Waals surface area (Å²) in [5, 5.41) is 10.0. The molecule has 2 N–H and O–H groups in total. The maximum absolute atomic E-state index is 11.8. The number of hydrogen-bond acceptors (Lipinski definition) is 5. The molecular formula is C18H31IN4O2S. The summed E-state index contributed by atoms with van der Waals surface area (Å²) in [7, 11) is 0. The fourth-order valence-corrected chi connectivity index (χ4v) is 3.73. The molecule has 0 aromatic carbocycles. The molecule has 1 heterocycles. The van der Waals surface area contributed by atoms with Gasteiger partial charge in [-0.15, -0.1) is 35.3 Å². The molecule has 0 spiro atoms. The summed E-state index contributed by atoms with van der Waals surface area (Å²) >= 11 is 1.69. The van der Waals surface area contributed by atoms with Gasteiger partial charge in [-0.25, -0.2) is 9.98 Å². The van der Waals surface area contributed by atoms with Crippen molar-refractivity contribution < 1.29 is 9.53 Å². The van der Waals surface area contributed by atoms with E-state index in [0.29, 0.717) is 19.2 Å². The van der Waals surface area contributed by atoms with Gasteiger partial charge in [0.05, 0.1) is 29.8 Å². The molecule has 1 aliphatic rings. The number of thiazole rings is 1. The molecule has 0 radical (unpaired) electrons. The molecule has 8 heteroatoms. The standard InChI is InChI=1S/C18H30N4O2S.HI/c1-4-16-21-15(12-25-16)11-20-18(19-5-2)22-14-9-7-13(8-10-14)17(23)24-6-3;/h12-14H,4-11H2,1-3H3,(H2,19,20,22);1H. The Hall–Kier alpha value is -0.900. The van der Waals surface area contributed by atoms with Crippen molar-refractivity contribution in [3.8, 4) is 0 Å². The number of carbonyl (C=O) groups is 1. The summed E-state index contributed by atoms with van der Waals surface area (Å²) in [6.45, 7) is 7.91. The lowest BCUT2D eigenvalue weighted by molar-refractivity contribution is -0.149. The first-order valence-electron chi connectivity index (χ1n) is 9.30. The third kappa shape index (κ3) is 7.38. The van der Waals surface area contributed by atoms with Crippen molar-refractivity contribution in [2.24, 2.45) is 10.9 Å². The number of rotatable bonds is 7. The highest BCUT2D eigenvalue weighted by Gasteiger charge is 2.27. The van der Waals surface area contributed by atoms with Crippen LogP contribution in [0.2, 0.25) is 0 Å². The number of hydrogen-bond donors (Lipinski definition) is 2. The minimum atomic E-state index is -0.0446. The Balaban J connectivity index is 0.00000338. The van der Waals surface area contributed by atoms with Crippen LogP contribution in [0.4, 0.5) is 0 Å². The van der Waals surface area contributed by atoms with E-state index in [1.165, 1.54) is 0 Å². The lowest BCUT2D eigenvalue weighted by atomic mass is 9.86. The number of ether oxygens (including phenoxy) is 1. The van der Waals surface area contributed by atoms with E-state index in [0.717, 1.165) is 55.3 Å². The molecule has 0 saturated heterocycles. The van der Waals surface area contributed by atoms with E-state index in [1.807, 2.05) is 6.92 Å². The molecule has 0 unspecified atom stereocenters. The molecule has 26 heavy (non-hydrogen) atoms. The predicted octanol–water partition coefficient (Wildman–Crippen LogP) is 3.50. The molecule has 148 valence electrons. The van der Waals surface area contributed by atoms with Crippen LogP contribution in [0.5, 0.6) is 0 Å². The van der Waals surface area contributed by atoms with E-state index in [2.05, 4.69) is 39.8 Å². The first kappa shape index (κ1) is 23.1. The van der Waals surface area contributed by atoms with Crippen LogP contribution in [0.1, 0.15) is 57.2 Å². The second-order valence-electron chi connectivity index (χ2n) is 6.23. The lowest BCUT2D eigenvalue weighted by Gasteiger charge is -2.29. The Morgan fingerprint density at radius 3 is 2.62 bits per heavy atom. The maximum Gasteiger partial charge on any atom is 0.308 e. The summed E-state index contributed by atoms with van der Waals surface area (Å²) in [4.78, 5) is 21.0. The van der Waals surface area contributed by atoms with Crippen LogP contribution in [0, 0.1) is 5.92 Å². The van der Waals surface area contributed by atoms with Gasteiger partial charge in [0.2, 0.25) is 0 Å². The van der Waals surface area contributed by atoms with Crippen LogP contribution < -0.4 is 10.6 Å². The van der Waals surface area contributed by atoms with Crippen LogP contribution in [-0.4, -0.2) is 36.1 Å². The predicted molar refractivity (Wildman–Crippen MR) is 117 cm³/mol. The zero-order chi connectivity index (χ0) is 18.1. The van der Waals surface area contributed by atoms with Gasteiger partial charge in [0.15, 0.2) is 5.96 Å². The second kappa shape index (κ2) is 12.5. The number of aromatic nitrogens is 1. The highest BCUT2D eigenvalue weighted by Crippen LogP contribution is 2.25. The minimum absolute atomic E-state index is 0. The van der Waals surface area contributed by atoms with E-state index in [9.17, 15) is 4.79 Å². The third-order valence-corrected chi connectivity index (χ3v) is 5.38. The van der Waals surface area contributed by atoms with Gasteiger partial charge in [0, 0.05) is 18.0 Å². The first-order chi connectivity index (χ1) is 12.2. The molecular weight excluding hydrogens is 463 g/mol. The first-order valence-corrected chi connectivity index (χ1v) is 10.2. The van der Waals surface area contributed by atoms with Crippen molar-refractivity contribution >= 4 is 47.2 Å². The number of esters is 1. The molecule has 0 amide bonds. The molecule has 0 aliphatic heterocycles. The monoisotopic (exact) mass is 494 g/mol. The highest BCUT2D eigenvalue weighted by molar-refractivity contribution is 14.0. The van der Waals surface area contributed by atoms with Crippen molar-refractivity contribution in [1.82, 2.24) is 15.6 Å². The Bertz CT molecular complexity index is 571. The van der Waals surface area contributed by atoms with Crippen molar-refractivity contribution in [2.75, 3.05) is 13.2 Å². The summed E-state index contributed by atoms with van der Waals surface area (Å²) < 4.78 is 5.13. The number of nitrogens with zero attached hydrogens (tertiary/aromatic N) is 2. The van der Waals surface area contributed by atoms with Gasteiger partial charge in [-0.2, -0.15) is 0 Å². The Morgan fingerprint density at radius 1 is 1.31 bits per heavy atom. The van der Waals surface area contributed by atoms with Gasteiger partial charge in [0.25, 0.3) is 0 Å². The van der Waals surface area contributed by atoms with E-state index < -0.39 is 0 Å². The normalized spacial score (nSPS) is 20.2. The number of nitrogens with one attached hydrogen (secondary N) is 2. The van der Waals surface area contributed by atoms with E-state index in [-0.39, 0.29) is 35.9 Å². The van der Waals surface area contributed by atoms with Crippen LogP contribution in [-0.2, 0) is 22.5 Å². The van der Waals surface area contributed by atoms with Gasteiger partial charge in [-0.05, 0) is 46.0 Å². The average Bonchev–Trinajstić information content (AvgIpc) is 3.09. The molecule has 0 atom stereocenters. The molecule has 1 aliphatic carbocycles. The van der Waals surface area contributed by atoms with Crippen LogP contribution in [0.25, 0.3) is 0 Å². The highest BCUT2D eigenvalue weighted by atomic mass is 127. The van der Waals surface area contributed by atoms with Gasteiger partial charge in [0.1, 0.15) is 0 Å². The van der Waals surface area contributed by atoms with Crippen LogP contribution >= 0.6 is 35.3 Å². The summed E-state index contributed by atoms with van der Waals surface area (Å²) in [6.07, 6.45) is 4.65. The topological polar surface area (TPSA) is 75.6 Å². The van der Waals surface area contributed by atoms with Crippen LogP contribution in [0.3, 0.4) is 0 Å². The molecule has 0 bridgehead atoms. The molecule has 1 saturated carbocycles. The van der Waals surface area contributed by atoms with Crippen molar-refractivity contribution in [2.45, 2.75) is 65.5 Å². The zero-order valence-electron chi connectivity index (χ0n) is 15.9. The zero-order valence-corrected chi connectivity index (χ0v) is 19.1. The molecule has 6 nitrogen and oxygen atoms in total. The summed E-state index contributed by atoms with van der Waals surface area (Å²) in [5.74, 6) is 0.838. The molecule has 2 rings (SSSR count). The molecule has 1 aromatic heterocycles. The lowest BCUT2D eigenvalue weighted by Crippen LogP contribution is -2.45. The maximum atomic E-state index is 11.8. The van der Waals surface area contributed by atoms with Crippen molar-refractivity contribution in [3.05, 3.63) is 16.1 Å². The van der Waals surface area contributed by atoms with Gasteiger partial charge in [-0.3, -0.25) is 4.79 Å². The summed E-state index contributed by atoms with van der Waals surface area (Å²) in [6, 6.07) is 0.352. The van der Waals surface area contributed by atoms with Crippen LogP contribution in [0.15, 0.2) is 10.4 Å². The Labute approximate surface area is 177 Å². The Kier molecular flexibility index (Phi) is 11.1. The summed E-state index contributed by atoms with van der Waals surface area (Å²) in [5.41, 5.74) is 1.02.